The number of methoxy groups -OCH3 is 1. The average molecular weight is 223 g/mol. The fourth-order valence-corrected chi connectivity index (χ4v) is 2.36. The van der Waals surface area contributed by atoms with E-state index in [9.17, 15) is 4.79 Å². The Kier molecular flexibility index (Phi) is 2.32. The number of hydrogen-bond donors (Lipinski definition) is 1. The van der Waals surface area contributed by atoms with Gasteiger partial charge in [0.15, 0.2) is 0 Å². The SMILES string of the molecule is COc1ccc(C(=O)O)c2nc(C)sc12. The van der Waals surface area contributed by atoms with E-state index in [-0.39, 0.29) is 5.56 Å². The Bertz CT molecular complexity index is 533. The number of rotatable bonds is 2. The third kappa shape index (κ3) is 1.55. The molecule has 0 amide bonds. The van der Waals surface area contributed by atoms with E-state index in [4.69, 9.17) is 9.84 Å². The van der Waals surface area contributed by atoms with Crippen molar-refractivity contribution in [3.63, 3.8) is 0 Å². The number of hydrogen-bond acceptors (Lipinski definition) is 4. The fourth-order valence-electron chi connectivity index (χ4n) is 1.42. The third-order valence-corrected chi connectivity index (χ3v) is 3.05. The van der Waals surface area contributed by atoms with Crippen molar-refractivity contribution in [1.29, 1.82) is 0 Å². The van der Waals surface area contributed by atoms with Crippen LogP contribution in [0.15, 0.2) is 12.1 Å². The molecule has 78 valence electrons. The standard InChI is InChI=1S/C10H9NO3S/c1-5-11-8-6(10(12)13)3-4-7(14-2)9(8)15-5/h3-4H,1-2H3,(H,12,13). The van der Waals surface area contributed by atoms with Crippen LogP contribution in [0.4, 0.5) is 0 Å². The highest BCUT2D eigenvalue weighted by Gasteiger charge is 2.15. The summed E-state index contributed by atoms with van der Waals surface area (Å²) in [6.07, 6.45) is 0. The molecule has 1 N–H and O–H groups in total. The van der Waals surface area contributed by atoms with Crippen LogP contribution < -0.4 is 4.74 Å². The average Bonchev–Trinajstić information content (AvgIpc) is 2.56. The molecule has 0 fully saturated rings. The maximum Gasteiger partial charge on any atom is 0.337 e. The Labute approximate surface area is 90.1 Å². The monoisotopic (exact) mass is 223 g/mol. The second kappa shape index (κ2) is 3.51. The molecule has 4 nitrogen and oxygen atoms in total. The van der Waals surface area contributed by atoms with E-state index >= 15 is 0 Å². The van der Waals surface area contributed by atoms with Gasteiger partial charge >= 0.3 is 5.97 Å². The quantitative estimate of drug-likeness (QED) is 0.848. The molecule has 0 aliphatic rings. The van der Waals surface area contributed by atoms with Gasteiger partial charge < -0.3 is 9.84 Å². The lowest BCUT2D eigenvalue weighted by Gasteiger charge is -2.01. The van der Waals surface area contributed by atoms with E-state index in [1.165, 1.54) is 17.4 Å². The van der Waals surface area contributed by atoms with Crippen molar-refractivity contribution < 1.29 is 14.6 Å². The van der Waals surface area contributed by atoms with Crippen LogP contribution in [0, 0.1) is 6.92 Å². The van der Waals surface area contributed by atoms with Crippen molar-refractivity contribution in [3.8, 4) is 5.75 Å². The van der Waals surface area contributed by atoms with E-state index in [0.717, 1.165) is 9.71 Å². The van der Waals surface area contributed by atoms with Gasteiger partial charge in [-0.15, -0.1) is 11.3 Å². The topological polar surface area (TPSA) is 59.4 Å². The first-order valence-corrected chi connectivity index (χ1v) is 5.12. The van der Waals surface area contributed by atoms with Crippen molar-refractivity contribution in [1.82, 2.24) is 4.98 Å². The smallest absolute Gasteiger partial charge is 0.337 e. The number of aromatic nitrogens is 1. The molecule has 1 heterocycles. The lowest BCUT2D eigenvalue weighted by Crippen LogP contribution is -1.97. The summed E-state index contributed by atoms with van der Waals surface area (Å²) in [5.74, 6) is -0.298. The molecule has 5 heteroatoms. The lowest BCUT2D eigenvalue weighted by molar-refractivity contribution is 0.0699. The predicted octanol–water partition coefficient (Wildman–Crippen LogP) is 2.31. The fraction of sp³-hybridized carbons (Fsp3) is 0.200. The maximum atomic E-state index is 10.9. The molecule has 15 heavy (non-hydrogen) atoms. The molecule has 0 saturated heterocycles. The highest BCUT2D eigenvalue weighted by molar-refractivity contribution is 7.19. The molecule has 0 atom stereocenters. The van der Waals surface area contributed by atoms with Gasteiger partial charge in [-0.2, -0.15) is 0 Å². The molecule has 0 aliphatic carbocycles. The summed E-state index contributed by atoms with van der Waals surface area (Å²) < 4.78 is 5.94. The van der Waals surface area contributed by atoms with Gasteiger partial charge in [-0.1, -0.05) is 0 Å². The normalized spacial score (nSPS) is 10.5. The summed E-state index contributed by atoms with van der Waals surface area (Å²) in [6.45, 7) is 1.84. The van der Waals surface area contributed by atoms with Gasteiger partial charge in [-0.05, 0) is 19.1 Å². The highest BCUT2D eigenvalue weighted by atomic mass is 32.1. The van der Waals surface area contributed by atoms with Crippen LogP contribution >= 0.6 is 11.3 Å². The van der Waals surface area contributed by atoms with Gasteiger partial charge in [-0.25, -0.2) is 9.78 Å². The summed E-state index contributed by atoms with van der Waals surface area (Å²) in [7, 11) is 1.56. The zero-order valence-electron chi connectivity index (χ0n) is 8.27. The van der Waals surface area contributed by atoms with Crippen molar-refractivity contribution in [2.45, 2.75) is 6.92 Å². The first-order valence-electron chi connectivity index (χ1n) is 4.31. The Balaban J connectivity index is 2.82. The molecule has 0 radical (unpaired) electrons. The van der Waals surface area contributed by atoms with E-state index in [1.54, 1.807) is 13.2 Å². The molecule has 2 aromatic rings. The molecule has 0 bridgehead atoms. The first kappa shape index (κ1) is 9.92. The van der Waals surface area contributed by atoms with Crippen LogP contribution in [-0.4, -0.2) is 23.2 Å². The molecule has 0 aliphatic heterocycles. The van der Waals surface area contributed by atoms with E-state index < -0.39 is 5.97 Å². The van der Waals surface area contributed by atoms with Crippen LogP contribution in [0.5, 0.6) is 5.75 Å². The molecule has 1 aromatic carbocycles. The van der Waals surface area contributed by atoms with E-state index in [0.29, 0.717) is 11.3 Å². The van der Waals surface area contributed by atoms with Crippen molar-refractivity contribution in [3.05, 3.63) is 22.7 Å². The Morgan fingerprint density at radius 1 is 1.53 bits per heavy atom. The summed E-state index contributed by atoms with van der Waals surface area (Å²) in [5, 5.41) is 9.81. The number of aryl methyl sites for hydroxylation is 1. The highest BCUT2D eigenvalue weighted by Crippen LogP contribution is 2.33. The molecule has 1 aromatic heterocycles. The third-order valence-electron chi connectivity index (χ3n) is 2.06. The Morgan fingerprint density at radius 2 is 2.27 bits per heavy atom. The van der Waals surface area contributed by atoms with Crippen molar-refractivity contribution >= 4 is 27.5 Å². The number of carboxylic acid groups (broad SMARTS) is 1. The first-order chi connectivity index (χ1) is 7.13. The molecule has 2 rings (SSSR count). The number of ether oxygens (including phenoxy) is 1. The number of aromatic carboxylic acids is 1. The number of thiazole rings is 1. The number of fused-ring (bicyclic) bond motifs is 1. The van der Waals surface area contributed by atoms with Crippen LogP contribution in [-0.2, 0) is 0 Å². The minimum atomic E-state index is -0.965. The predicted molar refractivity (Wildman–Crippen MR) is 57.9 cm³/mol. The molecular formula is C10H9NO3S. The maximum absolute atomic E-state index is 10.9. The van der Waals surface area contributed by atoms with Crippen LogP contribution in [0.2, 0.25) is 0 Å². The van der Waals surface area contributed by atoms with Gasteiger partial charge in [0.1, 0.15) is 5.75 Å². The van der Waals surface area contributed by atoms with Crippen LogP contribution in [0.3, 0.4) is 0 Å². The van der Waals surface area contributed by atoms with Gasteiger partial charge in [0.05, 0.1) is 27.9 Å². The summed E-state index contributed by atoms with van der Waals surface area (Å²) in [5.41, 5.74) is 0.722. The van der Waals surface area contributed by atoms with Crippen LogP contribution in [0.25, 0.3) is 10.2 Å². The van der Waals surface area contributed by atoms with Gasteiger partial charge in [0.25, 0.3) is 0 Å². The molecule has 0 saturated carbocycles. The van der Waals surface area contributed by atoms with Crippen LogP contribution in [0.1, 0.15) is 15.4 Å². The van der Waals surface area contributed by atoms with Gasteiger partial charge in [0, 0.05) is 0 Å². The Hall–Kier alpha value is -1.62. The summed E-state index contributed by atoms with van der Waals surface area (Å²) in [6, 6.07) is 3.17. The zero-order valence-corrected chi connectivity index (χ0v) is 9.09. The van der Waals surface area contributed by atoms with Gasteiger partial charge in [0.2, 0.25) is 0 Å². The number of benzene rings is 1. The second-order valence-electron chi connectivity index (χ2n) is 3.03. The van der Waals surface area contributed by atoms with E-state index in [2.05, 4.69) is 4.98 Å². The summed E-state index contributed by atoms with van der Waals surface area (Å²) >= 11 is 1.44. The zero-order chi connectivity index (χ0) is 11.0. The number of carboxylic acids is 1. The minimum absolute atomic E-state index is 0.218. The number of nitrogens with zero attached hydrogens (tertiary/aromatic N) is 1. The largest absolute Gasteiger partial charge is 0.495 e. The van der Waals surface area contributed by atoms with Gasteiger partial charge in [-0.3, -0.25) is 0 Å². The molecular weight excluding hydrogens is 214 g/mol. The van der Waals surface area contributed by atoms with E-state index in [1.807, 2.05) is 6.92 Å². The summed E-state index contributed by atoms with van der Waals surface area (Å²) in [4.78, 5) is 15.1. The molecule has 0 unspecified atom stereocenters. The number of carbonyl (C=O) groups is 1. The van der Waals surface area contributed by atoms with Crippen molar-refractivity contribution in [2.24, 2.45) is 0 Å². The minimum Gasteiger partial charge on any atom is -0.495 e. The van der Waals surface area contributed by atoms with Crippen molar-refractivity contribution in [2.75, 3.05) is 7.11 Å². The second-order valence-corrected chi connectivity index (χ2v) is 4.23. The molecule has 0 spiro atoms. The lowest BCUT2D eigenvalue weighted by atomic mass is 10.2. The Morgan fingerprint density at radius 3 is 2.87 bits per heavy atom.